The van der Waals surface area contributed by atoms with Gasteiger partial charge >= 0.3 is 0 Å². The Bertz CT molecular complexity index is 912. The first kappa shape index (κ1) is 17.0. The lowest BCUT2D eigenvalue weighted by molar-refractivity contribution is 0.0709. The number of aromatic nitrogens is 3. The van der Waals surface area contributed by atoms with Crippen molar-refractivity contribution in [1.82, 2.24) is 19.7 Å². The molecule has 1 unspecified atom stereocenters. The minimum Gasteiger partial charge on any atom is -0.337 e. The lowest BCUT2D eigenvalue weighted by Crippen LogP contribution is -2.39. The molecule has 134 valence electrons. The molecule has 0 spiro atoms. The number of nitrogens with zero attached hydrogens (tertiary/aromatic N) is 4. The van der Waals surface area contributed by atoms with Crippen LogP contribution in [0.4, 0.5) is 0 Å². The van der Waals surface area contributed by atoms with Crippen molar-refractivity contribution in [1.29, 1.82) is 0 Å². The van der Waals surface area contributed by atoms with Gasteiger partial charge in [-0.15, -0.1) is 21.5 Å². The normalized spacial score (nSPS) is 17.5. The molecule has 0 saturated carbocycles. The van der Waals surface area contributed by atoms with Crippen molar-refractivity contribution in [3.63, 3.8) is 0 Å². The number of carbonyl (C=O) groups excluding carboxylic acids is 1. The molecule has 0 aliphatic carbocycles. The van der Waals surface area contributed by atoms with Crippen LogP contribution in [0.1, 0.15) is 39.8 Å². The molecule has 0 N–H and O–H groups in total. The minimum absolute atomic E-state index is 0.127. The first-order valence-corrected chi connectivity index (χ1v) is 9.79. The number of piperidine rings is 1. The van der Waals surface area contributed by atoms with E-state index in [2.05, 4.69) is 41.4 Å². The molecule has 1 aliphatic rings. The van der Waals surface area contributed by atoms with Crippen molar-refractivity contribution in [2.24, 2.45) is 7.05 Å². The lowest BCUT2D eigenvalue weighted by Gasteiger charge is -2.32. The molecule has 1 aromatic carbocycles. The van der Waals surface area contributed by atoms with Gasteiger partial charge in [0, 0.05) is 31.6 Å². The van der Waals surface area contributed by atoms with Crippen LogP contribution in [0.15, 0.2) is 42.0 Å². The summed E-state index contributed by atoms with van der Waals surface area (Å²) < 4.78 is 1.96. The Hall–Kier alpha value is -2.47. The standard InChI is InChI=1S/C20H22N4OS/c1-14-5-7-15(8-6-14)17-9-11-26-18(17)20(25)24-10-3-4-16(12-24)19-22-21-13-23(19)2/h5-9,11,13,16H,3-4,10,12H2,1-2H3. The van der Waals surface area contributed by atoms with Crippen molar-refractivity contribution in [2.75, 3.05) is 13.1 Å². The van der Waals surface area contributed by atoms with E-state index in [0.717, 1.165) is 41.2 Å². The molecule has 1 fully saturated rings. The van der Waals surface area contributed by atoms with E-state index in [1.165, 1.54) is 16.9 Å². The van der Waals surface area contributed by atoms with Crippen molar-refractivity contribution in [3.8, 4) is 11.1 Å². The topological polar surface area (TPSA) is 51.0 Å². The molecule has 26 heavy (non-hydrogen) atoms. The number of amides is 1. The highest BCUT2D eigenvalue weighted by molar-refractivity contribution is 7.12. The molecule has 6 heteroatoms. The molecule has 5 nitrogen and oxygen atoms in total. The average Bonchev–Trinajstić information content (AvgIpc) is 3.31. The first-order valence-electron chi connectivity index (χ1n) is 8.91. The SMILES string of the molecule is Cc1ccc(-c2ccsc2C(=O)N2CCCC(c3nncn3C)C2)cc1. The van der Waals surface area contributed by atoms with Crippen LogP contribution in [0, 0.1) is 6.92 Å². The monoisotopic (exact) mass is 366 g/mol. The average molecular weight is 366 g/mol. The van der Waals surface area contributed by atoms with Crippen LogP contribution in [-0.4, -0.2) is 38.7 Å². The molecule has 1 aliphatic heterocycles. The van der Waals surface area contributed by atoms with Crippen LogP contribution in [0.2, 0.25) is 0 Å². The summed E-state index contributed by atoms with van der Waals surface area (Å²) in [5.41, 5.74) is 3.35. The molecule has 3 heterocycles. The molecule has 1 saturated heterocycles. The Morgan fingerprint density at radius 3 is 2.77 bits per heavy atom. The predicted molar refractivity (Wildman–Crippen MR) is 103 cm³/mol. The summed E-state index contributed by atoms with van der Waals surface area (Å²) in [5, 5.41) is 10.2. The number of likely N-dealkylation sites (tertiary alicyclic amines) is 1. The molecule has 1 amide bonds. The summed E-state index contributed by atoms with van der Waals surface area (Å²) in [7, 11) is 1.96. The van der Waals surface area contributed by atoms with Crippen LogP contribution in [0.25, 0.3) is 11.1 Å². The number of hydrogen-bond acceptors (Lipinski definition) is 4. The summed E-state index contributed by atoms with van der Waals surface area (Å²) in [4.78, 5) is 16.0. The largest absolute Gasteiger partial charge is 0.337 e. The van der Waals surface area contributed by atoms with Crippen molar-refractivity contribution < 1.29 is 4.79 Å². The number of thiophene rings is 1. The summed E-state index contributed by atoms with van der Waals surface area (Å²) in [6.07, 6.45) is 3.77. The van der Waals surface area contributed by atoms with Gasteiger partial charge in [0.25, 0.3) is 5.91 Å². The van der Waals surface area contributed by atoms with Crippen molar-refractivity contribution >= 4 is 17.2 Å². The highest BCUT2D eigenvalue weighted by Crippen LogP contribution is 2.32. The molecule has 1 atom stereocenters. The fraction of sp³-hybridized carbons (Fsp3) is 0.350. The third-order valence-corrected chi connectivity index (χ3v) is 5.94. The first-order chi connectivity index (χ1) is 12.6. The second-order valence-electron chi connectivity index (χ2n) is 6.92. The van der Waals surface area contributed by atoms with Crippen LogP contribution in [0.5, 0.6) is 0 Å². The Morgan fingerprint density at radius 2 is 2.04 bits per heavy atom. The highest BCUT2D eigenvalue weighted by atomic mass is 32.1. The number of hydrogen-bond donors (Lipinski definition) is 0. The maximum Gasteiger partial charge on any atom is 0.264 e. The second kappa shape index (κ2) is 7.03. The van der Waals surface area contributed by atoms with E-state index in [1.807, 2.05) is 28.0 Å². The van der Waals surface area contributed by atoms with Crippen LogP contribution < -0.4 is 0 Å². The Labute approximate surface area is 157 Å². The maximum atomic E-state index is 13.2. The fourth-order valence-corrected chi connectivity index (χ4v) is 4.50. The molecule has 3 aromatic rings. The number of rotatable bonds is 3. The van der Waals surface area contributed by atoms with Crippen LogP contribution in [0.3, 0.4) is 0 Å². The smallest absolute Gasteiger partial charge is 0.264 e. The molecule has 2 aromatic heterocycles. The third-order valence-electron chi connectivity index (χ3n) is 5.04. The quantitative estimate of drug-likeness (QED) is 0.707. The number of benzene rings is 1. The summed E-state index contributed by atoms with van der Waals surface area (Å²) in [6, 6.07) is 10.4. The van der Waals surface area contributed by atoms with Gasteiger partial charge in [-0.05, 0) is 36.8 Å². The van der Waals surface area contributed by atoms with Gasteiger partial charge in [-0.1, -0.05) is 29.8 Å². The van der Waals surface area contributed by atoms with E-state index in [-0.39, 0.29) is 11.8 Å². The minimum atomic E-state index is 0.127. The zero-order valence-corrected chi connectivity index (χ0v) is 15.9. The Balaban J connectivity index is 1.57. The van der Waals surface area contributed by atoms with Gasteiger partial charge in [0.05, 0.1) is 4.88 Å². The zero-order valence-electron chi connectivity index (χ0n) is 15.1. The van der Waals surface area contributed by atoms with E-state index in [1.54, 1.807) is 6.33 Å². The van der Waals surface area contributed by atoms with E-state index in [4.69, 9.17) is 0 Å². The van der Waals surface area contributed by atoms with E-state index in [0.29, 0.717) is 6.54 Å². The van der Waals surface area contributed by atoms with Gasteiger partial charge in [-0.2, -0.15) is 0 Å². The lowest BCUT2D eigenvalue weighted by atomic mass is 9.96. The van der Waals surface area contributed by atoms with Crippen molar-refractivity contribution in [2.45, 2.75) is 25.7 Å². The Morgan fingerprint density at radius 1 is 1.23 bits per heavy atom. The number of carbonyl (C=O) groups is 1. The maximum absolute atomic E-state index is 13.2. The zero-order chi connectivity index (χ0) is 18.1. The Kier molecular flexibility index (Phi) is 4.59. The van der Waals surface area contributed by atoms with Gasteiger partial charge in [0.15, 0.2) is 0 Å². The molecular weight excluding hydrogens is 344 g/mol. The van der Waals surface area contributed by atoms with Gasteiger partial charge < -0.3 is 9.47 Å². The van der Waals surface area contributed by atoms with Crippen molar-refractivity contribution in [3.05, 3.63) is 58.3 Å². The summed E-state index contributed by atoms with van der Waals surface area (Å²) in [6.45, 7) is 3.58. The van der Waals surface area contributed by atoms with Gasteiger partial charge in [-0.25, -0.2) is 0 Å². The van der Waals surface area contributed by atoms with Gasteiger partial charge in [0.2, 0.25) is 0 Å². The predicted octanol–water partition coefficient (Wildman–Crippen LogP) is 3.87. The van der Waals surface area contributed by atoms with Gasteiger partial charge in [0.1, 0.15) is 12.2 Å². The summed E-state index contributed by atoms with van der Waals surface area (Å²) >= 11 is 1.53. The summed E-state index contributed by atoms with van der Waals surface area (Å²) in [5.74, 6) is 1.35. The molecular formula is C20H22N4OS. The fourth-order valence-electron chi connectivity index (χ4n) is 3.61. The third kappa shape index (κ3) is 3.17. The molecule has 0 radical (unpaired) electrons. The van der Waals surface area contributed by atoms with E-state index < -0.39 is 0 Å². The van der Waals surface area contributed by atoms with E-state index in [9.17, 15) is 4.79 Å². The van der Waals surface area contributed by atoms with Gasteiger partial charge in [-0.3, -0.25) is 4.79 Å². The van der Waals surface area contributed by atoms with E-state index >= 15 is 0 Å². The highest BCUT2D eigenvalue weighted by Gasteiger charge is 2.29. The number of aryl methyl sites for hydroxylation is 2. The molecule has 4 rings (SSSR count). The van der Waals surface area contributed by atoms with Crippen LogP contribution in [-0.2, 0) is 7.05 Å². The molecule has 0 bridgehead atoms. The van der Waals surface area contributed by atoms with Crippen LogP contribution >= 0.6 is 11.3 Å². The second-order valence-corrected chi connectivity index (χ2v) is 7.84.